The lowest BCUT2D eigenvalue weighted by Crippen LogP contribution is -2.02. The number of hydrogen-bond acceptors (Lipinski definition) is 4. The lowest BCUT2D eigenvalue weighted by atomic mass is 10.2. The highest BCUT2D eigenvalue weighted by atomic mass is 16.7. The minimum atomic E-state index is -0.0664. The fourth-order valence-electron chi connectivity index (χ4n) is 1.05. The molecule has 4 heteroatoms. The summed E-state index contributed by atoms with van der Waals surface area (Å²) in [6.45, 7) is 0.0865. The summed E-state index contributed by atoms with van der Waals surface area (Å²) in [7, 11) is 3.12. The molecule has 4 nitrogen and oxygen atoms in total. The lowest BCUT2D eigenvalue weighted by molar-refractivity contribution is 0.0493. The fraction of sp³-hybridized carbons (Fsp3) is 0.400. The maximum Gasteiger partial charge on any atom is 0.188 e. The Morgan fingerprint density at radius 2 is 2.07 bits per heavy atom. The minimum absolute atomic E-state index is 0.0664. The molecule has 0 saturated carbocycles. The van der Waals surface area contributed by atoms with Crippen molar-refractivity contribution in [3.8, 4) is 11.5 Å². The van der Waals surface area contributed by atoms with Crippen LogP contribution < -0.4 is 9.47 Å². The molecule has 0 heterocycles. The minimum Gasteiger partial charge on any atom is -0.497 e. The van der Waals surface area contributed by atoms with Gasteiger partial charge in [-0.1, -0.05) is 0 Å². The van der Waals surface area contributed by atoms with Gasteiger partial charge in [-0.2, -0.15) is 0 Å². The molecule has 0 bridgehead atoms. The van der Waals surface area contributed by atoms with E-state index in [2.05, 4.69) is 0 Å². The summed E-state index contributed by atoms with van der Waals surface area (Å²) in [6, 6.07) is 5.24. The van der Waals surface area contributed by atoms with E-state index in [1.165, 1.54) is 0 Å². The Kier molecular flexibility index (Phi) is 4.22. The maximum atomic E-state index is 9.02. The average molecular weight is 198 g/mol. The topological polar surface area (TPSA) is 47.9 Å². The van der Waals surface area contributed by atoms with Crippen molar-refractivity contribution >= 4 is 0 Å². The highest BCUT2D eigenvalue weighted by Gasteiger charge is 2.04. The largest absolute Gasteiger partial charge is 0.497 e. The van der Waals surface area contributed by atoms with E-state index < -0.39 is 0 Å². The second-order valence-electron chi connectivity index (χ2n) is 2.68. The third-order valence-corrected chi connectivity index (χ3v) is 1.78. The van der Waals surface area contributed by atoms with Crippen LogP contribution in [0.5, 0.6) is 11.5 Å². The second-order valence-corrected chi connectivity index (χ2v) is 2.68. The Morgan fingerprint density at radius 3 is 2.64 bits per heavy atom. The SMILES string of the molecule is COCOc1cc(OC)ccc1CO. The molecule has 1 aromatic carbocycles. The van der Waals surface area contributed by atoms with Crippen molar-refractivity contribution in [2.75, 3.05) is 21.0 Å². The van der Waals surface area contributed by atoms with E-state index in [-0.39, 0.29) is 13.4 Å². The van der Waals surface area contributed by atoms with E-state index in [0.717, 1.165) is 0 Å². The quantitative estimate of drug-likeness (QED) is 0.721. The molecule has 0 spiro atoms. The number of hydrogen-bond donors (Lipinski definition) is 1. The van der Waals surface area contributed by atoms with Crippen LogP contribution in [-0.2, 0) is 11.3 Å². The molecular formula is C10H14O4. The highest BCUT2D eigenvalue weighted by molar-refractivity contribution is 5.40. The van der Waals surface area contributed by atoms with Gasteiger partial charge in [-0.05, 0) is 12.1 Å². The van der Waals surface area contributed by atoms with Crippen LogP contribution in [0.3, 0.4) is 0 Å². The molecule has 0 aliphatic rings. The standard InChI is InChI=1S/C10H14O4/c1-12-7-14-10-5-9(13-2)4-3-8(10)6-11/h3-5,11H,6-7H2,1-2H3. The van der Waals surface area contributed by atoms with Crippen LogP contribution in [0.15, 0.2) is 18.2 Å². The Morgan fingerprint density at radius 1 is 1.29 bits per heavy atom. The lowest BCUT2D eigenvalue weighted by Gasteiger charge is -2.10. The third-order valence-electron chi connectivity index (χ3n) is 1.78. The number of rotatable bonds is 5. The van der Waals surface area contributed by atoms with Crippen molar-refractivity contribution < 1.29 is 19.3 Å². The van der Waals surface area contributed by atoms with Crippen molar-refractivity contribution in [2.45, 2.75) is 6.61 Å². The molecule has 0 radical (unpaired) electrons. The predicted molar refractivity (Wildman–Crippen MR) is 51.4 cm³/mol. The van der Waals surface area contributed by atoms with Gasteiger partial charge in [-0.3, -0.25) is 0 Å². The number of methoxy groups -OCH3 is 2. The molecule has 0 amide bonds. The van der Waals surface area contributed by atoms with Gasteiger partial charge < -0.3 is 19.3 Å². The Labute approximate surface area is 83.0 Å². The normalized spacial score (nSPS) is 9.93. The van der Waals surface area contributed by atoms with E-state index >= 15 is 0 Å². The van der Waals surface area contributed by atoms with Crippen LogP contribution >= 0.6 is 0 Å². The number of aliphatic hydroxyl groups is 1. The molecular weight excluding hydrogens is 184 g/mol. The van der Waals surface area contributed by atoms with E-state index in [1.807, 2.05) is 0 Å². The van der Waals surface area contributed by atoms with Crippen LogP contribution in [0.25, 0.3) is 0 Å². The van der Waals surface area contributed by atoms with Gasteiger partial charge in [-0.15, -0.1) is 0 Å². The molecule has 1 rings (SSSR count). The van der Waals surface area contributed by atoms with E-state index in [0.29, 0.717) is 17.1 Å². The van der Waals surface area contributed by atoms with Crippen LogP contribution in [0.2, 0.25) is 0 Å². The fourth-order valence-corrected chi connectivity index (χ4v) is 1.05. The average Bonchev–Trinajstić information content (AvgIpc) is 2.25. The zero-order valence-electron chi connectivity index (χ0n) is 8.32. The molecule has 78 valence electrons. The van der Waals surface area contributed by atoms with Gasteiger partial charge in [-0.25, -0.2) is 0 Å². The summed E-state index contributed by atoms with van der Waals surface area (Å²) in [4.78, 5) is 0. The Bertz CT molecular complexity index is 285. The molecule has 0 aromatic heterocycles. The predicted octanol–water partition coefficient (Wildman–Crippen LogP) is 1.17. The third kappa shape index (κ3) is 2.61. The van der Waals surface area contributed by atoms with E-state index in [4.69, 9.17) is 19.3 Å². The molecule has 0 fully saturated rings. The zero-order valence-corrected chi connectivity index (χ0v) is 8.32. The van der Waals surface area contributed by atoms with Crippen molar-refractivity contribution in [1.82, 2.24) is 0 Å². The number of aliphatic hydroxyl groups excluding tert-OH is 1. The Hall–Kier alpha value is -1.26. The zero-order chi connectivity index (χ0) is 10.4. The summed E-state index contributed by atoms with van der Waals surface area (Å²) < 4.78 is 15.1. The van der Waals surface area contributed by atoms with Crippen molar-refractivity contribution in [1.29, 1.82) is 0 Å². The summed E-state index contributed by atoms with van der Waals surface area (Å²) in [6.07, 6.45) is 0. The van der Waals surface area contributed by atoms with Gasteiger partial charge >= 0.3 is 0 Å². The van der Waals surface area contributed by atoms with Crippen molar-refractivity contribution in [2.24, 2.45) is 0 Å². The smallest absolute Gasteiger partial charge is 0.188 e. The second kappa shape index (κ2) is 5.47. The molecule has 0 aliphatic heterocycles. The van der Waals surface area contributed by atoms with Gasteiger partial charge in [0.15, 0.2) is 6.79 Å². The maximum absolute atomic E-state index is 9.02. The monoisotopic (exact) mass is 198 g/mol. The first kappa shape index (κ1) is 10.8. The Balaban J connectivity index is 2.84. The summed E-state index contributed by atoms with van der Waals surface area (Å²) in [5.41, 5.74) is 0.711. The van der Waals surface area contributed by atoms with Crippen LogP contribution in [0.1, 0.15) is 5.56 Å². The molecule has 0 aliphatic carbocycles. The summed E-state index contributed by atoms with van der Waals surface area (Å²) in [5, 5.41) is 9.02. The van der Waals surface area contributed by atoms with Crippen LogP contribution in [-0.4, -0.2) is 26.1 Å². The van der Waals surface area contributed by atoms with Gasteiger partial charge in [0.2, 0.25) is 0 Å². The van der Waals surface area contributed by atoms with Crippen LogP contribution in [0.4, 0.5) is 0 Å². The van der Waals surface area contributed by atoms with Gasteiger partial charge in [0, 0.05) is 18.7 Å². The number of benzene rings is 1. The summed E-state index contributed by atoms with van der Waals surface area (Å²) >= 11 is 0. The molecule has 0 saturated heterocycles. The van der Waals surface area contributed by atoms with Gasteiger partial charge in [0.05, 0.1) is 13.7 Å². The van der Waals surface area contributed by atoms with Crippen molar-refractivity contribution in [3.63, 3.8) is 0 Å². The summed E-state index contributed by atoms with van der Waals surface area (Å²) in [5.74, 6) is 1.27. The molecule has 1 aromatic rings. The highest BCUT2D eigenvalue weighted by Crippen LogP contribution is 2.24. The molecule has 0 unspecified atom stereocenters. The van der Waals surface area contributed by atoms with Gasteiger partial charge in [0.1, 0.15) is 11.5 Å². The van der Waals surface area contributed by atoms with E-state index in [9.17, 15) is 0 Å². The first-order valence-electron chi connectivity index (χ1n) is 4.21. The van der Waals surface area contributed by atoms with E-state index in [1.54, 1.807) is 32.4 Å². The first-order valence-corrected chi connectivity index (χ1v) is 4.21. The van der Waals surface area contributed by atoms with Gasteiger partial charge in [0.25, 0.3) is 0 Å². The van der Waals surface area contributed by atoms with Crippen molar-refractivity contribution in [3.05, 3.63) is 23.8 Å². The molecule has 0 atom stereocenters. The molecule has 14 heavy (non-hydrogen) atoms. The van der Waals surface area contributed by atoms with Crippen LogP contribution in [0, 0.1) is 0 Å². The number of ether oxygens (including phenoxy) is 3. The molecule has 1 N–H and O–H groups in total. The first-order chi connectivity index (χ1) is 6.81.